The number of anilines is 2. The maximum atomic E-state index is 13.0. The molecule has 0 atom stereocenters. The summed E-state index contributed by atoms with van der Waals surface area (Å²) in [5.74, 6) is 2.21. The molecule has 7 nitrogen and oxygen atoms in total. The van der Waals surface area contributed by atoms with Crippen LogP contribution in [0.2, 0.25) is 0 Å². The largest absolute Gasteiger partial charge is 0.487 e. The predicted molar refractivity (Wildman–Crippen MR) is 108 cm³/mol. The van der Waals surface area contributed by atoms with Crippen molar-refractivity contribution in [3.63, 3.8) is 0 Å². The van der Waals surface area contributed by atoms with E-state index in [0.29, 0.717) is 31.2 Å². The van der Waals surface area contributed by atoms with E-state index in [1.807, 2.05) is 68.4 Å². The first kappa shape index (κ1) is 18.0. The zero-order valence-electron chi connectivity index (χ0n) is 16.3. The van der Waals surface area contributed by atoms with Gasteiger partial charge in [-0.2, -0.15) is 5.10 Å². The highest BCUT2D eigenvalue weighted by atomic mass is 16.5. The monoisotopic (exact) mass is 377 g/mol. The smallest absolute Gasteiger partial charge is 0.277 e. The van der Waals surface area contributed by atoms with Crippen LogP contribution in [0.3, 0.4) is 0 Å². The summed E-state index contributed by atoms with van der Waals surface area (Å²) in [6.07, 6.45) is 0. The third kappa shape index (κ3) is 3.43. The highest BCUT2D eigenvalue weighted by molar-refractivity contribution is 6.05. The number of pyridine rings is 1. The van der Waals surface area contributed by atoms with Crippen molar-refractivity contribution in [2.24, 2.45) is 0 Å². The van der Waals surface area contributed by atoms with Gasteiger partial charge in [0.05, 0.1) is 6.54 Å². The van der Waals surface area contributed by atoms with Gasteiger partial charge in [0.25, 0.3) is 5.91 Å². The number of benzene rings is 1. The molecule has 4 rings (SSSR count). The normalized spacial score (nSPS) is 13.4. The molecule has 1 aromatic carbocycles. The van der Waals surface area contributed by atoms with Gasteiger partial charge in [-0.05, 0) is 36.8 Å². The van der Waals surface area contributed by atoms with Crippen molar-refractivity contribution in [3.05, 3.63) is 65.5 Å². The van der Waals surface area contributed by atoms with Gasteiger partial charge in [-0.3, -0.25) is 14.4 Å². The Kier molecular flexibility index (Phi) is 4.73. The zero-order valence-corrected chi connectivity index (χ0v) is 16.3. The first-order chi connectivity index (χ1) is 13.5. The summed E-state index contributed by atoms with van der Waals surface area (Å²) in [5, 5.41) is 4.52. The number of aromatic nitrogens is 3. The van der Waals surface area contributed by atoms with Crippen LogP contribution in [0.4, 0.5) is 11.6 Å². The Labute approximate surface area is 164 Å². The van der Waals surface area contributed by atoms with Crippen LogP contribution >= 0.6 is 0 Å². The van der Waals surface area contributed by atoms with Crippen molar-refractivity contribution in [2.45, 2.75) is 20.1 Å². The molecule has 1 aliphatic heterocycles. The second-order valence-electron chi connectivity index (χ2n) is 7.01. The summed E-state index contributed by atoms with van der Waals surface area (Å²) in [6.45, 7) is 3.50. The summed E-state index contributed by atoms with van der Waals surface area (Å²) in [6, 6.07) is 15.3. The van der Waals surface area contributed by atoms with E-state index in [1.165, 1.54) is 0 Å². The first-order valence-corrected chi connectivity index (χ1v) is 9.24. The molecule has 3 aromatic rings. The maximum Gasteiger partial charge on any atom is 0.277 e. The Morgan fingerprint density at radius 1 is 1.11 bits per heavy atom. The van der Waals surface area contributed by atoms with Crippen LogP contribution in [0.5, 0.6) is 5.75 Å². The molecule has 0 spiro atoms. The van der Waals surface area contributed by atoms with Crippen molar-refractivity contribution in [1.82, 2.24) is 14.8 Å². The van der Waals surface area contributed by atoms with Gasteiger partial charge in [-0.15, -0.1) is 0 Å². The first-order valence-electron chi connectivity index (χ1n) is 9.24. The highest BCUT2D eigenvalue weighted by Gasteiger charge is 2.28. The third-order valence-electron chi connectivity index (χ3n) is 4.72. The van der Waals surface area contributed by atoms with Gasteiger partial charge in [0.2, 0.25) is 0 Å². The quantitative estimate of drug-likeness (QED) is 0.684. The van der Waals surface area contributed by atoms with Gasteiger partial charge in [-0.1, -0.05) is 24.3 Å². The third-order valence-corrected chi connectivity index (χ3v) is 4.72. The zero-order chi connectivity index (χ0) is 19.7. The minimum absolute atomic E-state index is 0.0919. The maximum absolute atomic E-state index is 13.0. The lowest BCUT2D eigenvalue weighted by Crippen LogP contribution is -2.41. The summed E-state index contributed by atoms with van der Waals surface area (Å²) >= 11 is 0. The number of hydrogen-bond donors (Lipinski definition) is 0. The molecule has 0 fully saturated rings. The van der Waals surface area contributed by atoms with Crippen LogP contribution in [-0.2, 0) is 13.2 Å². The topological polar surface area (TPSA) is 63.5 Å². The fourth-order valence-corrected chi connectivity index (χ4v) is 3.32. The number of ether oxygens (including phenoxy) is 1. The van der Waals surface area contributed by atoms with E-state index in [1.54, 1.807) is 15.6 Å². The molecule has 0 saturated heterocycles. The van der Waals surface area contributed by atoms with E-state index in [-0.39, 0.29) is 5.91 Å². The number of hydrogen-bond acceptors (Lipinski definition) is 5. The Bertz CT molecular complexity index is 997. The average molecular weight is 377 g/mol. The summed E-state index contributed by atoms with van der Waals surface area (Å²) in [4.78, 5) is 21.4. The number of nitrogens with zero attached hydrogens (tertiary/aromatic N) is 5. The molecule has 2 aromatic heterocycles. The number of carbonyl (C=O) groups excluding carboxylic acids is 1. The van der Waals surface area contributed by atoms with E-state index in [4.69, 9.17) is 4.74 Å². The fraction of sp³-hybridized carbons (Fsp3) is 0.286. The predicted octanol–water partition coefficient (Wildman–Crippen LogP) is 2.89. The second-order valence-corrected chi connectivity index (χ2v) is 7.01. The number of rotatable bonds is 5. The van der Waals surface area contributed by atoms with Gasteiger partial charge in [0.15, 0.2) is 0 Å². The minimum atomic E-state index is -0.0919. The van der Waals surface area contributed by atoms with Crippen LogP contribution in [0, 0.1) is 6.92 Å². The van der Waals surface area contributed by atoms with Gasteiger partial charge >= 0.3 is 0 Å². The number of carbonyl (C=O) groups is 1. The van der Waals surface area contributed by atoms with Crippen LogP contribution in [-0.4, -0.2) is 41.3 Å². The van der Waals surface area contributed by atoms with Crippen molar-refractivity contribution in [3.8, 4) is 5.75 Å². The Morgan fingerprint density at radius 3 is 2.64 bits per heavy atom. The Morgan fingerprint density at radius 2 is 1.89 bits per heavy atom. The van der Waals surface area contributed by atoms with Crippen molar-refractivity contribution in [1.29, 1.82) is 0 Å². The van der Waals surface area contributed by atoms with Gasteiger partial charge in [0.1, 0.15) is 35.4 Å². The van der Waals surface area contributed by atoms with E-state index in [0.717, 1.165) is 22.8 Å². The van der Waals surface area contributed by atoms with Gasteiger partial charge < -0.3 is 9.64 Å². The SMILES string of the molecule is Cc1ccc(N2CCn3nc(COc4ccccc4)cc3C2=O)nc1N(C)C. The van der Waals surface area contributed by atoms with Crippen LogP contribution in [0.25, 0.3) is 0 Å². The lowest BCUT2D eigenvalue weighted by molar-refractivity contribution is 0.0961. The molecule has 1 amide bonds. The summed E-state index contributed by atoms with van der Waals surface area (Å²) in [5.41, 5.74) is 2.37. The van der Waals surface area contributed by atoms with Crippen molar-refractivity contribution < 1.29 is 9.53 Å². The van der Waals surface area contributed by atoms with Crippen LogP contribution in [0.1, 0.15) is 21.7 Å². The lowest BCUT2D eigenvalue weighted by Gasteiger charge is -2.27. The molecule has 0 unspecified atom stereocenters. The lowest BCUT2D eigenvalue weighted by atomic mass is 10.2. The summed E-state index contributed by atoms with van der Waals surface area (Å²) in [7, 11) is 3.90. The van der Waals surface area contributed by atoms with Gasteiger partial charge in [0, 0.05) is 20.6 Å². The van der Waals surface area contributed by atoms with E-state index < -0.39 is 0 Å². The van der Waals surface area contributed by atoms with E-state index >= 15 is 0 Å². The van der Waals surface area contributed by atoms with Crippen LogP contribution in [0.15, 0.2) is 48.5 Å². The number of amides is 1. The molecule has 0 aliphatic carbocycles. The molecule has 7 heteroatoms. The summed E-state index contributed by atoms with van der Waals surface area (Å²) < 4.78 is 7.51. The average Bonchev–Trinajstić information content (AvgIpc) is 3.12. The molecule has 3 heterocycles. The molecule has 1 aliphatic rings. The van der Waals surface area contributed by atoms with Crippen LogP contribution < -0.4 is 14.5 Å². The van der Waals surface area contributed by atoms with E-state index in [2.05, 4.69) is 10.1 Å². The highest BCUT2D eigenvalue weighted by Crippen LogP contribution is 2.24. The minimum Gasteiger partial charge on any atom is -0.487 e. The van der Waals surface area contributed by atoms with Gasteiger partial charge in [-0.25, -0.2) is 4.98 Å². The molecule has 0 saturated carbocycles. The fourth-order valence-electron chi connectivity index (χ4n) is 3.32. The Hall–Kier alpha value is -3.35. The molecule has 28 heavy (non-hydrogen) atoms. The molecule has 0 N–H and O–H groups in total. The Balaban J connectivity index is 1.54. The molecular weight excluding hydrogens is 354 g/mol. The molecule has 0 radical (unpaired) electrons. The van der Waals surface area contributed by atoms with Crippen molar-refractivity contribution in [2.75, 3.05) is 30.4 Å². The molecule has 144 valence electrons. The standard InChI is InChI=1S/C21H23N5O2/c1-15-9-10-19(22-20(15)24(2)3)25-11-12-26-18(21(25)27)13-16(23-26)14-28-17-7-5-4-6-8-17/h4-10,13H,11-12,14H2,1-3H3. The molecular formula is C21H23N5O2. The second kappa shape index (κ2) is 7.34. The van der Waals surface area contributed by atoms with E-state index in [9.17, 15) is 4.79 Å². The number of aryl methyl sites for hydroxylation is 1. The number of para-hydroxylation sites is 1. The van der Waals surface area contributed by atoms with Crippen molar-refractivity contribution >= 4 is 17.5 Å². The number of fused-ring (bicyclic) bond motifs is 1. The molecule has 0 bridgehead atoms.